The number of hydrogen-bond donors (Lipinski definition) is 1. The minimum atomic E-state index is -0.833. The highest BCUT2D eigenvalue weighted by Gasteiger charge is 2.06. The second-order valence-electron chi connectivity index (χ2n) is 2.66. The standard InChI is InChI=1S/C6H13N.C2H4O2/c1-2-7-5-3-4-6-7;1-2(3)4/h2-6H2,1H3;1H3,(H,3,4). The Labute approximate surface area is 68.0 Å². The fourth-order valence-corrected chi connectivity index (χ4v) is 1.10. The van der Waals surface area contributed by atoms with Crippen LogP contribution in [0, 0.1) is 0 Å². The summed E-state index contributed by atoms with van der Waals surface area (Å²) in [7, 11) is 0. The summed E-state index contributed by atoms with van der Waals surface area (Å²) < 4.78 is 0. The van der Waals surface area contributed by atoms with Crippen molar-refractivity contribution in [1.29, 1.82) is 0 Å². The van der Waals surface area contributed by atoms with Crippen LogP contribution >= 0.6 is 0 Å². The smallest absolute Gasteiger partial charge is 0.300 e. The fraction of sp³-hybridized carbons (Fsp3) is 0.875. The molecule has 1 aliphatic heterocycles. The number of carboxylic acid groups (broad SMARTS) is 1. The summed E-state index contributed by atoms with van der Waals surface area (Å²) >= 11 is 0. The zero-order chi connectivity index (χ0) is 8.69. The fourth-order valence-electron chi connectivity index (χ4n) is 1.10. The van der Waals surface area contributed by atoms with E-state index in [0.29, 0.717) is 0 Å². The highest BCUT2D eigenvalue weighted by atomic mass is 16.4. The molecule has 3 nitrogen and oxygen atoms in total. The Hall–Kier alpha value is -0.570. The van der Waals surface area contributed by atoms with E-state index in [1.807, 2.05) is 0 Å². The van der Waals surface area contributed by atoms with Gasteiger partial charge in [-0.3, -0.25) is 4.79 Å². The zero-order valence-electron chi connectivity index (χ0n) is 7.34. The lowest BCUT2D eigenvalue weighted by Gasteiger charge is -2.08. The lowest BCUT2D eigenvalue weighted by molar-refractivity contribution is -0.134. The number of carboxylic acids is 1. The Morgan fingerprint density at radius 3 is 2.00 bits per heavy atom. The molecule has 0 bridgehead atoms. The van der Waals surface area contributed by atoms with Gasteiger partial charge in [0.25, 0.3) is 5.97 Å². The van der Waals surface area contributed by atoms with Crippen LogP contribution in [0.5, 0.6) is 0 Å². The van der Waals surface area contributed by atoms with Crippen molar-refractivity contribution < 1.29 is 9.90 Å². The highest BCUT2D eigenvalue weighted by Crippen LogP contribution is 2.04. The van der Waals surface area contributed by atoms with E-state index in [1.54, 1.807) is 0 Å². The van der Waals surface area contributed by atoms with E-state index in [-0.39, 0.29) is 0 Å². The van der Waals surface area contributed by atoms with Crippen LogP contribution in [0.1, 0.15) is 26.7 Å². The largest absolute Gasteiger partial charge is 0.481 e. The SMILES string of the molecule is CC(=O)O.CCN1CCCC1. The van der Waals surface area contributed by atoms with Crippen molar-refractivity contribution in [1.82, 2.24) is 4.90 Å². The van der Waals surface area contributed by atoms with Crippen molar-refractivity contribution in [3.63, 3.8) is 0 Å². The Morgan fingerprint density at radius 2 is 1.82 bits per heavy atom. The van der Waals surface area contributed by atoms with Gasteiger partial charge in [0.2, 0.25) is 0 Å². The van der Waals surface area contributed by atoms with Crippen LogP contribution in [0.4, 0.5) is 0 Å². The number of carbonyl (C=O) groups is 1. The molecular weight excluding hydrogens is 142 g/mol. The minimum absolute atomic E-state index is 0.833. The van der Waals surface area contributed by atoms with Gasteiger partial charge in [-0.15, -0.1) is 0 Å². The Bertz CT molecular complexity index is 105. The van der Waals surface area contributed by atoms with Crippen LogP contribution < -0.4 is 0 Å². The van der Waals surface area contributed by atoms with E-state index < -0.39 is 5.97 Å². The molecule has 0 saturated carbocycles. The van der Waals surface area contributed by atoms with Gasteiger partial charge in [-0.1, -0.05) is 6.92 Å². The molecule has 3 heteroatoms. The van der Waals surface area contributed by atoms with E-state index in [2.05, 4.69) is 11.8 Å². The third-order valence-electron chi connectivity index (χ3n) is 1.65. The van der Waals surface area contributed by atoms with Crippen molar-refractivity contribution in [2.75, 3.05) is 19.6 Å². The van der Waals surface area contributed by atoms with Gasteiger partial charge < -0.3 is 10.0 Å². The third kappa shape index (κ3) is 7.33. The highest BCUT2D eigenvalue weighted by molar-refractivity contribution is 5.62. The first-order chi connectivity index (χ1) is 5.16. The number of likely N-dealkylation sites (tertiary alicyclic amines) is 1. The van der Waals surface area contributed by atoms with Gasteiger partial charge in [-0.05, 0) is 32.5 Å². The van der Waals surface area contributed by atoms with Gasteiger partial charge in [0, 0.05) is 6.92 Å². The summed E-state index contributed by atoms with van der Waals surface area (Å²) in [5, 5.41) is 7.42. The molecule has 0 aliphatic carbocycles. The first-order valence-corrected chi connectivity index (χ1v) is 4.08. The molecule has 0 atom stereocenters. The maximum Gasteiger partial charge on any atom is 0.300 e. The van der Waals surface area contributed by atoms with E-state index in [0.717, 1.165) is 6.92 Å². The average molecular weight is 159 g/mol. The van der Waals surface area contributed by atoms with E-state index in [4.69, 9.17) is 9.90 Å². The Kier molecular flexibility index (Phi) is 5.84. The second-order valence-corrected chi connectivity index (χ2v) is 2.66. The van der Waals surface area contributed by atoms with Crippen molar-refractivity contribution in [2.45, 2.75) is 26.7 Å². The van der Waals surface area contributed by atoms with Crippen molar-refractivity contribution in [2.24, 2.45) is 0 Å². The van der Waals surface area contributed by atoms with Crippen LogP contribution in [0.15, 0.2) is 0 Å². The Morgan fingerprint density at radius 1 is 1.45 bits per heavy atom. The van der Waals surface area contributed by atoms with Crippen LogP contribution in [0.3, 0.4) is 0 Å². The minimum Gasteiger partial charge on any atom is -0.481 e. The normalized spacial score (nSPS) is 17.3. The molecule has 0 aromatic heterocycles. The molecule has 1 aliphatic rings. The van der Waals surface area contributed by atoms with Gasteiger partial charge in [0.05, 0.1) is 0 Å². The molecule has 0 radical (unpaired) electrons. The van der Waals surface area contributed by atoms with Crippen LogP contribution in [-0.2, 0) is 4.79 Å². The molecule has 66 valence electrons. The molecule has 0 aromatic rings. The van der Waals surface area contributed by atoms with E-state index >= 15 is 0 Å². The van der Waals surface area contributed by atoms with E-state index in [1.165, 1.54) is 32.5 Å². The van der Waals surface area contributed by atoms with Crippen LogP contribution in [0.25, 0.3) is 0 Å². The molecule has 1 rings (SSSR count). The lowest BCUT2D eigenvalue weighted by atomic mass is 10.4. The summed E-state index contributed by atoms with van der Waals surface area (Å²) in [6, 6.07) is 0. The number of aliphatic carboxylic acids is 1. The predicted octanol–water partition coefficient (Wildman–Crippen LogP) is 1.19. The van der Waals surface area contributed by atoms with Crippen molar-refractivity contribution in [3.8, 4) is 0 Å². The number of hydrogen-bond acceptors (Lipinski definition) is 2. The van der Waals surface area contributed by atoms with Gasteiger partial charge in [0.15, 0.2) is 0 Å². The summed E-state index contributed by atoms with van der Waals surface area (Å²) in [6.45, 7) is 7.25. The predicted molar refractivity (Wildman–Crippen MR) is 44.7 cm³/mol. The molecule has 0 unspecified atom stereocenters. The van der Waals surface area contributed by atoms with Crippen LogP contribution in [0.2, 0.25) is 0 Å². The second kappa shape index (κ2) is 6.16. The van der Waals surface area contributed by atoms with E-state index in [9.17, 15) is 0 Å². The van der Waals surface area contributed by atoms with Gasteiger partial charge in [-0.2, -0.15) is 0 Å². The lowest BCUT2D eigenvalue weighted by Crippen LogP contribution is -2.17. The summed E-state index contributed by atoms with van der Waals surface area (Å²) in [5.41, 5.74) is 0. The molecule has 0 spiro atoms. The molecule has 0 amide bonds. The van der Waals surface area contributed by atoms with Gasteiger partial charge >= 0.3 is 0 Å². The molecule has 11 heavy (non-hydrogen) atoms. The van der Waals surface area contributed by atoms with Crippen LogP contribution in [-0.4, -0.2) is 35.6 Å². The first-order valence-electron chi connectivity index (χ1n) is 4.08. The summed E-state index contributed by atoms with van der Waals surface area (Å²) in [4.78, 5) is 11.5. The topological polar surface area (TPSA) is 40.5 Å². The summed E-state index contributed by atoms with van der Waals surface area (Å²) in [5.74, 6) is -0.833. The molecule has 0 aromatic carbocycles. The molecule has 1 saturated heterocycles. The quantitative estimate of drug-likeness (QED) is 0.625. The van der Waals surface area contributed by atoms with Crippen molar-refractivity contribution in [3.05, 3.63) is 0 Å². The molecular formula is C8H17NO2. The van der Waals surface area contributed by atoms with Gasteiger partial charge in [0.1, 0.15) is 0 Å². The first kappa shape index (κ1) is 10.4. The van der Waals surface area contributed by atoms with Crippen molar-refractivity contribution >= 4 is 5.97 Å². The maximum atomic E-state index is 9.00. The monoisotopic (exact) mass is 159 g/mol. The van der Waals surface area contributed by atoms with Gasteiger partial charge in [-0.25, -0.2) is 0 Å². The number of nitrogens with zero attached hydrogens (tertiary/aromatic N) is 1. The molecule has 1 fully saturated rings. The molecule has 1 N–H and O–H groups in total. The third-order valence-corrected chi connectivity index (χ3v) is 1.65. The zero-order valence-corrected chi connectivity index (χ0v) is 7.34. The summed E-state index contributed by atoms with van der Waals surface area (Å²) in [6.07, 6.45) is 2.85. The molecule has 1 heterocycles. The maximum absolute atomic E-state index is 9.00. The Balaban J connectivity index is 0.000000218. The average Bonchev–Trinajstić information content (AvgIpc) is 2.36. The number of rotatable bonds is 1.